The fourth-order valence-corrected chi connectivity index (χ4v) is 3.36. The molecule has 0 unspecified atom stereocenters. The molecule has 26 heavy (non-hydrogen) atoms. The lowest BCUT2D eigenvalue weighted by Gasteiger charge is -2.07. The number of hydrogen-bond acceptors (Lipinski definition) is 5. The number of nitrogens with one attached hydrogen (secondary N) is 1. The molecule has 0 aliphatic heterocycles. The molecule has 0 fully saturated rings. The topological polar surface area (TPSA) is 68.5 Å². The van der Waals surface area contributed by atoms with Gasteiger partial charge in [0.05, 0.1) is 13.4 Å². The van der Waals surface area contributed by atoms with Crippen LogP contribution >= 0.6 is 11.3 Å². The van der Waals surface area contributed by atoms with Crippen LogP contribution in [0.2, 0.25) is 0 Å². The zero-order valence-electron chi connectivity index (χ0n) is 14.3. The average molecular weight is 367 g/mol. The monoisotopic (exact) mass is 367 g/mol. The maximum absolute atomic E-state index is 12.3. The van der Waals surface area contributed by atoms with E-state index in [0.717, 1.165) is 16.7 Å². The van der Waals surface area contributed by atoms with Gasteiger partial charge in [-0.15, -0.1) is 11.3 Å². The number of methoxy groups -OCH3 is 1. The van der Waals surface area contributed by atoms with E-state index in [0.29, 0.717) is 16.3 Å². The van der Waals surface area contributed by atoms with E-state index < -0.39 is 5.97 Å². The van der Waals surface area contributed by atoms with Crippen LogP contribution < -0.4 is 5.32 Å². The van der Waals surface area contributed by atoms with Crippen molar-refractivity contribution in [3.05, 3.63) is 71.0 Å². The average Bonchev–Trinajstić information content (AvgIpc) is 3.30. The predicted octanol–water partition coefficient (Wildman–Crippen LogP) is 4.76. The molecule has 1 amide bonds. The van der Waals surface area contributed by atoms with E-state index in [4.69, 9.17) is 9.15 Å². The van der Waals surface area contributed by atoms with Gasteiger partial charge in [0, 0.05) is 17.0 Å². The van der Waals surface area contributed by atoms with E-state index in [1.54, 1.807) is 18.2 Å². The van der Waals surface area contributed by atoms with E-state index in [-0.39, 0.29) is 5.91 Å². The minimum Gasteiger partial charge on any atom is -0.465 e. The van der Waals surface area contributed by atoms with Crippen LogP contribution in [0, 0.1) is 6.92 Å². The van der Waals surface area contributed by atoms with Gasteiger partial charge in [-0.3, -0.25) is 4.79 Å². The highest BCUT2D eigenvalue weighted by molar-refractivity contribution is 7.15. The van der Waals surface area contributed by atoms with Crippen LogP contribution in [0.5, 0.6) is 0 Å². The lowest BCUT2D eigenvalue weighted by Crippen LogP contribution is -2.11. The summed E-state index contributed by atoms with van der Waals surface area (Å²) in [6, 6.07) is 11.3. The van der Waals surface area contributed by atoms with Crippen LogP contribution in [0.25, 0.3) is 17.2 Å². The van der Waals surface area contributed by atoms with Gasteiger partial charge in [0.25, 0.3) is 0 Å². The summed E-state index contributed by atoms with van der Waals surface area (Å²) >= 11 is 1.28. The van der Waals surface area contributed by atoms with Gasteiger partial charge in [0.2, 0.25) is 5.91 Å². The van der Waals surface area contributed by atoms with Crippen LogP contribution in [-0.4, -0.2) is 19.0 Å². The molecule has 3 rings (SSSR count). The molecule has 0 radical (unpaired) electrons. The van der Waals surface area contributed by atoms with E-state index in [1.807, 2.05) is 36.6 Å². The molecule has 1 N–H and O–H groups in total. The fraction of sp³-hybridized carbons (Fsp3) is 0.100. The summed E-state index contributed by atoms with van der Waals surface area (Å²) in [5.74, 6) is -0.282. The molecule has 3 aromatic rings. The Morgan fingerprint density at radius 1 is 1.19 bits per heavy atom. The molecular formula is C20H17NO4S. The Hall–Kier alpha value is -3.12. The van der Waals surface area contributed by atoms with Crippen molar-refractivity contribution in [3.8, 4) is 11.1 Å². The Labute approximate surface area is 154 Å². The number of anilines is 1. The third-order valence-electron chi connectivity index (χ3n) is 3.72. The highest BCUT2D eigenvalue weighted by Crippen LogP contribution is 2.36. The highest BCUT2D eigenvalue weighted by Gasteiger charge is 2.21. The molecule has 0 atom stereocenters. The normalized spacial score (nSPS) is 10.8. The molecule has 0 saturated carbocycles. The first-order valence-electron chi connectivity index (χ1n) is 7.88. The minimum atomic E-state index is -0.493. The van der Waals surface area contributed by atoms with Gasteiger partial charge in [-0.2, -0.15) is 0 Å². The SMILES string of the molecule is COC(=O)c1c(-c2ccc(C)cc2)csc1NC(=O)/C=C/c1ccco1. The quantitative estimate of drug-likeness (QED) is 0.522. The van der Waals surface area contributed by atoms with Crippen molar-refractivity contribution in [2.75, 3.05) is 12.4 Å². The molecule has 2 aromatic heterocycles. The summed E-state index contributed by atoms with van der Waals surface area (Å²) in [6.45, 7) is 2.00. The summed E-state index contributed by atoms with van der Waals surface area (Å²) in [5.41, 5.74) is 3.09. The van der Waals surface area contributed by atoms with Crippen molar-refractivity contribution >= 4 is 34.3 Å². The number of ether oxygens (including phenoxy) is 1. The maximum Gasteiger partial charge on any atom is 0.341 e. The first-order valence-corrected chi connectivity index (χ1v) is 8.76. The van der Waals surface area contributed by atoms with Gasteiger partial charge in [-0.1, -0.05) is 29.8 Å². The van der Waals surface area contributed by atoms with Gasteiger partial charge in [-0.25, -0.2) is 4.79 Å². The first kappa shape index (κ1) is 17.7. The first-order chi connectivity index (χ1) is 12.6. The third kappa shape index (κ3) is 3.92. The minimum absolute atomic E-state index is 0.348. The summed E-state index contributed by atoms with van der Waals surface area (Å²) in [6.07, 6.45) is 4.44. The molecule has 132 valence electrons. The zero-order chi connectivity index (χ0) is 18.5. The number of amides is 1. The molecule has 0 spiro atoms. The Kier molecular flexibility index (Phi) is 5.34. The number of furan rings is 1. The number of esters is 1. The second-order valence-corrected chi connectivity index (χ2v) is 6.43. The van der Waals surface area contributed by atoms with Crippen molar-refractivity contribution in [2.24, 2.45) is 0 Å². The lowest BCUT2D eigenvalue weighted by molar-refractivity contribution is -0.111. The predicted molar refractivity (Wildman–Crippen MR) is 102 cm³/mol. The Morgan fingerprint density at radius 2 is 1.96 bits per heavy atom. The molecular weight excluding hydrogens is 350 g/mol. The Balaban J connectivity index is 1.88. The van der Waals surface area contributed by atoms with Gasteiger partial charge in [0.15, 0.2) is 0 Å². The van der Waals surface area contributed by atoms with Gasteiger partial charge >= 0.3 is 5.97 Å². The zero-order valence-corrected chi connectivity index (χ0v) is 15.1. The number of rotatable bonds is 5. The molecule has 5 nitrogen and oxygen atoms in total. The Morgan fingerprint density at radius 3 is 2.62 bits per heavy atom. The van der Waals surface area contributed by atoms with Crippen molar-refractivity contribution in [1.29, 1.82) is 0 Å². The fourth-order valence-electron chi connectivity index (χ4n) is 2.40. The number of carbonyl (C=O) groups is 2. The van der Waals surface area contributed by atoms with E-state index in [1.165, 1.54) is 30.8 Å². The van der Waals surface area contributed by atoms with E-state index in [9.17, 15) is 9.59 Å². The Bertz CT molecular complexity index is 937. The van der Waals surface area contributed by atoms with Gasteiger partial charge < -0.3 is 14.5 Å². The molecule has 1 aromatic carbocycles. The van der Waals surface area contributed by atoms with Crippen molar-refractivity contribution < 1.29 is 18.7 Å². The molecule has 0 saturated heterocycles. The molecule has 0 aliphatic carbocycles. The number of aryl methyl sites for hydroxylation is 1. The number of carbonyl (C=O) groups excluding carboxylic acids is 2. The summed E-state index contributed by atoms with van der Waals surface area (Å²) in [5, 5.41) is 5.02. The summed E-state index contributed by atoms with van der Waals surface area (Å²) in [7, 11) is 1.32. The van der Waals surface area contributed by atoms with E-state index in [2.05, 4.69) is 5.32 Å². The standard InChI is InChI=1S/C20H17NO4S/c1-13-5-7-14(8-6-13)16-12-26-19(18(16)20(23)24-2)21-17(22)10-9-15-4-3-11-25-15/h3-12H,1-2H3,(H,21,22)/b10-9+. The van der Waals surface area contributed by atoms with Crippen molar-refractivity contribution in [1.82, 2.24) is 0 Å². The summed E-state index contributed by atoms with van der Waals surface area (Å²) < 4.78 is 10.1. The number of benzene rings is 1. The number of hydrogen-bond donors (Lipinski definition) is 1. The third-order valence-corrected chi connectivity index (χ3v) is 4.62. The second-order valence-electron chi connectivity index (χ2n) is 5.55. The molecule has 2 heterocycles. The summed E-state index contributed by atoms with van der Waals surface area (Å²) in [4.78, 5) is 24.5. The van der Waals surface area contributed by atoms with Crippen LogP contribution in [0.3, 0.4) is 0 Å². The van der Waals surface area contributed by atoms with Crippen LogP contribution in [0.15, 0.2) is 58.5 Å². The molecule has 0 aliphatic rings. The second kappa shape index (κ2) is 7.84. The number of thiophene rings is 1. The van der Waals surface area contributed by atoms with Crippen molar-refractivity contribution in [3.63, 3.8) is 0 Å². The van der Waals surface area contributed by atoms with E-state index >= 15 is 0 Å². The van der Waals surface area contributed by atoms with Crippen LogP contribution in [0.4, 0.5) is 5.00 Å². The molecule has 0 bridgehead atoms. The van der Waals surface area contributed by atoms with Crippen LogP contribution in [-0.2, 0) is 9.53 Å². The largest absolute Gasteiger partial charge is 0.465 e. The smallest absolute Gasteiger partial charge is 0.341 e. The lowest BCUT2D eigenvalue weighted by atomic mass is 10.0. The maximum atomic E-state index is 12.3. The molecule has 6 heteroatoms. The van der Waals surface area contributed by atoms with Gasteiger partial charge in [0.1, 0.15) is 16.3 Å². The van der Waals surface area contributed by atoms with Crippen LogP contribution in [0.1, 0.15) is 21.7 Å². The van der Waals surface area contributed by atoms with Gasteiger partial charge in [-0.05, 0) is 30.7 Å². The highest BCUT2D eigenvalue weighted by atomic mass is 32.1. The van der Waals surface area contributed by atoms with Crippen molar-refractivity contribution in [2.45, 2.75) is 6.92 Å².